The zero-order chi connectivity index (χ0) is 26.2. The van der Waals surface area contributed by atoms with Gasteiger partial charge in [0.2, 0.25) is 5.91 Å². The molecular formula is C29H26FN3O3S2. The van der Waals surface area contributed by atoms with E-state index < -0.39 is 17.0 Å². The number of imide groups is 1. The van der Waals surface area contributed by atoms with E-state index in [4.69, 9.17) is 4.98 Å². The molecule has 0 bridgehead atoms. The Morgan fingerprint density at radius 3 is 2.53 bits per heavy atom. The van der Waals surface area contributed by atoms with Gasteiger partial charge in [0.15, 0.2) is 5.16 Å². The molecule has 0 N–H and O–H groups in total. The van der Waals surface area contributed by atoms with Gasteiger partial charge in [-0.25, -0.2) is 9.37 Å². The first kappa shape index (κ1) is 25.0. The number of halogens is 1. The number of carbonyl (C=O) groups is 2. The van der Waals surface area contributed by atoms with Gasteiger partial charge in [0.25, 0.3) is 11.5 Å². The van der Waals surface area contributed by atoms with E-state index in [9.17, 15) is 18.8 Å². The molecule has 194 valence electrons. The number of thiophene rings is 1. The zero-order valence-corrected chi connectivity index (χ0v) is 22.3. The Bertz CT molecular complexity index is 1580. The lowest BCUT2D eigenvalue weighted by molar-refractivity contribution is -0.127. The van der Waals surface area contributed by atoms with Crippen molar-refractivity contribution in [1.29, 1.82) is 0 Å². The van der Waals surface area contributed by atoms with Crippen LogP contribution in [0.5, 0.6) is 0 Å². The molecule has 4 aromatic rings. The molecule has 0 unspecified atom stereocenters. The maximum atomic E-state index is 14.0. The van der Waals surface area contributed by atoms with Gasteiger partial charge < -0.3 is 0 Å². The fraction of sp³-hybridized carbons (Fsp3) is 0.310. The lowest BCUT2D eigenvalue weighted by Crippen LogP contribution is -2.41. The summed E-state index contributed by atoms with van der Waals surface area (Å²) < 4.78 is 15.0. The van der Waals surface area contributed by atoms with Gasteiger partial charge in [-0.3, -0.25) is 23.9 Å². The third-order valence-corrected chi connectivity index (χ3v) is 9.59. The lowest BCUT2D eigenvalue weighted by Gasteiger charge is -2.23. The predicted octanol–water partition coefficient (Wildman–Crippen LogP) is 5.78. The quantitative estimate of drug-likeness (QED) is 0.239. The molecule has 2 amide bonds. The Hall–Kier alpha value is -3.30. The van der Waals surface area contributed by atoms with Crippen molar-refractivity contribution in [3.63, 3.8) is 0 Å². The normalized spacial score (nSPS) is 17.9. The molecule has 2 aromatic carbocycles. The SMILES string of the molecule is O=C(c1ccc(F)cc1)N1CCCC[C@H](Sc2nc3sc4c(c3c(=O)n2-c2ccccc2)CCCC4)C1=O. The highest BCUT2D eigenvalue weighted by molar-refractivity contribution is 8.00. The van der Waals surface area contributed by atoms with E-state index in [2.05, 4.69) is 0 Å². The average Bonchev–Trinajstić information content (AvgIpc) is 3.21. The summed E-state index contributed by atoms with van der Waals surface area (Å²) in [6.45, 7) is 0.307. The maximum Gasteiger partial charge on any atom is 0.267 e. The van der Waals surface area contributed by atoms with Crippen LogP contribution < -0.4 is 5.56 Å². The summed E-state index contributed by atoms with van der Waals surface area (Å²) in [6, 6.07) is 14.6. The number of nitrogens with zero attached hydrogens (tertiary/aromatic N) is 3. The minimum atomic E-state index is -0.573. The van der Waals surface area contributed by atoms with Gasteiger partial charge in [-0.1, -0.05) is 36.4 Å². The van der Waals surface area contributed by atoms with Crippen molar-refractivity contribution in [3.8, 4) is 5.69 Å². The van der Waals surface area contributed by atoms with E-state index >= 15 is 0 Å². The molecule has 1 saturated heterocycles. The molecule has 38 heavy (non-hydrogen) atoms. The van der Waals surface area contributed by atoms with Crippen LogP contribution in [0, 0.1) is 5.82 Å². The van der Waals surface area contributed by atoms with Crippen LogP contribution in [0.25, 0.3) is 15.9 Å². The van der Waals surface area contributed by atoms with Gasteiger partial charge in [-0.2, -0.15) is 0 Å². The molecule has 0 radical (unpaired) electrons. The molecular weight excluding hydrogens is 521 g/mol. The highest BCUT2D eigenvalue weighted by atomic mass is 32.2. The Balaban J connectivity index is 1.41. The largest absolute Gasteiger partial charge is 0.278 e. The summed E-state index contributed by atoms with van der Waals surface area (Å²) in [5.74, 6) is -1.17. The number of para-hydroxylation sites is 1. The third-order valence-electron chi connectivity index (χ3n) is 7.20. The number of hydrogen-bond donors (Lipinski definition) is 0. The summed E-state index contributed by atoms with van der Waals surface area (Å²) in [4.78, 5) is 49.1. The first-order valence-electron chi connectivity index (χ1n) is 12.9. The van der Waals surface area contributed by atoms with Crippen LogP contribution in [0.2, 0.25) is 0 Å². The minimum Gasteiger partial charge on any atom is -0.278 e. The van der Waals surface area contributed by atoms with Gasteiger partial charge >= 0.3 is 0 Å². The number of carbonyl (C=O) groups excluding carboxylic acids is 2. The van der Waals surface area contributed by atoms with E-state index in [1.54, 1.807) is 15.9 Å². The van der Waals surface area contributed by atoms with Gasteiger partial charge in [0, 0.05) is 17.0 Å². The number of fused-ring (bicyclic) bond motifs is 3. The van der Waals surface area contributed by atoms with E-state index in [1.165, 1.54) is 45.8 Å². The molecule has 9 heteroatoms. The van der Waals surface area contributed by atoms with E-state index in [1.807, 2.05) is 30.3 Å². The van der Waals surface area contributed by atoms with Crippen molar-refractivity contribution >= 4 is 45.1 Å². The lowest BCUT2D eigenvalue weighted by atomic mass is 9.97. The summed E-state index contributed by atoms with van der Waals surface area (Å²) in [7, 11) is 0. The van der Waals surface area contributed by atoms with Gasteiger partial charge in [0.05, 0.1) is 16.3 Å². The van der Waals surface area contributed by atoms with E-state index in [0.717, 1.165) is 42.5 Å². The molecule has 3 heterocycles. The number of rotatable bonds is 4. The first-order valence-corrected chi connectivity index (χ1v) is 14.6. The highest BCUT2D eigenvalue weighted by Crippen LogP contribution is 2.37. The molecule has 0 saturated carbocycles. The first-order chi connectivity index (χ1) is 18.5. The number of aromatic nitrogens is 2. The molecule has 0 spiro atoms. The molecule has 1 fully saturated rings. The average molecular weight is 548 g/mol. The van der Waals surface area contributed by atoms with Gasteiger partial charge in [0.1, 0.15) is 10.6 Å². The number of likely N-dealkylation sites (tertiary alicyclic amines) is 1. The highest BCUT2D eigenvalue weighted by Gasteiger charge is 2.34. The zero-order valence-electron chi connectivity index (χ0n) is 20.7. The van der Waals surface area contributed by atoms with Crippen molar-refractivity contribution in [3.05, 3.63) is 86.8 Å². The maximum absolute atomic E-state index is 14.0. The minimum absolute atomic E-state index is 0.108. The summed E-state index contributed by atoms with van der Waals surface area (Å²) in [5, 5.41) is 0.579. The van der Waals surface area contributed by atoms with Crippen LogP contribution in [-0.2, 0) is 17.6 Å². The van der Waals surface area contributed by atoms with Crippen LogP contribution in [0.15, 0.2) is 64.5 Å². The van der Waals surface area contributed by atoms with Crippen molar-refractivity contribution in [2.45, 2.75) is 55.4 Å². The summed E-state index contributed by atoms with van der Waals surface area (Å²) in [5.41, 5.74) is 1.99. The topological polar surface area (TPSA) is 72.3 Å². The fourth-order valence-electron chi connectivity index (χ4n) is 5.26. The van der Waals surface area contributed by atoms with Crippen LogP contribution >= 0.6 is 23.1 Å². The van der Waals surface area contributed by atoms with E-state index in [0.29, 0.717) is 35.6 Å². The Morgan fingerprint density at radius 2 is 1.74 bits per heavy atom. The second-order valence-electron chi connectivity index (χ2n) is 9.67. The molecule has 1 aliphatic carbocycles. The van der Waals surface area contributed by atoms with E-state index in [-0.39, 0.29) is 17.0 Å². The summed E-state index contributed by atoms with van der Waals surface area (Å²) in [6.07, 6.45) is 6.05. The standard InChI is InChI=1S/C29H26FN3O3S2/c30-19-15-13-18(14-16-19)26(34)32-17-7-6-12-23(27(32)35)38-29-31-25-24(21-10-4-5-11-22(21)37-25)28(36)33(29)20-8-2-1-3-9-20/h1-3,8-9,13-16,23H,4-7,10-12,17H2/t23-/m0/s1. The Kier molecular flexibility index (Phi) is 6.88. The van der Waals surface area contributed by atoms with Crippen LogP contribution in [0.3, 0.4) is 0 Å². The second-order valence-corrected chi connectivity index (χ2v) is 11.9. The number of amides is 2. The molecule has 1 atom stereocenters. The van der Waals surface area contributed by atoms with Crippen LogP contribution in [-0.4, -0.2) is 38.1 Å². The molecule has 6 nitrogen and oxygen atoms in total. The van der Waals surface area contributed by atoms with Gasteiger partial charge in [-0.15, -0.1) is 11.3 Å². The monoisotopic (exact) mass is 547 g/mol. The predicted molar refractivity (Wildman–Crippen MR) is 148 cm³/mol. The van der Waals surface area contributed by atoms with Crippen molar-refractivity contribution < 1.29 is 14.0 Å². The van der Waals surface area contributed by atoms with Crippen molar-refractivity contribution in [2.24, 2.45) is 0 Å². The Labute approximate surface area is 227 Å². The van der Waals surface area contributed by atoms with Gasteiger partial charge in [-0.05, 0) is 80.5 Å². The second kappa shape index (κ2) is 10.5. The van der Waals surface area contributed by atoms with Crippen LogP contribution in [0.1, 0.15) is 52.9 Å². The number of aryl methyl sites for hydroxylation is 2. The van der Waals surface area contributed by atoms with Crippen molar-refractivity contribution in [1.82, 2.24) is 14.5 Å². The third kappa shape index (κ3) is 4.58. The Morgan fingerprint density at radius 1 is 0.974 bits per heavy atom. The molecule has 2 aliphatic rings. The molecule has 6 rings (SSSR count). The number of benzene rings is 2. The smallest absolute Gasteiger partial charge is 0.267 e. The van der Waals surface area contributed by atoms with Crippen LogP contribution in [0.4, 0.5) is 4.39 Å². The summed E-state index contributed by atoms with van der Waals surface area (Å²) >= 11 is 2.84. The molecule has 2 aromatic heterocycles. The molecule has 1 aliphatic heterocycles. The number of hydrogen-bond acceptors (Lipinski definition) is 6. The number of thioether (sulfide) groups is 1. The van der Waals surface area contributed by atoms with Crippen molar-refractivity contribution in [2.75, 3.05) is 6.54 Å². The fourth-order valence-corrected chi connectivity index (χ4v) is 7.78.